The van der Waals surface area contributed by atoms with Crippen LogP contribution in [0.1, 0.15) is 94.2 Å². The van der Waals surface area contributed by atoms with E-state index in [-0.39, 0.29) is 21.9 Å². The summed E-state index contributed by atoms with van der Waals surface area (Å²) in [7, 11) is 0. The Bertz CT molecular complexity index is 707. The number of rotatable bonds is 0. The van der Waals surface area contributed by atoms with Crippen molar-refractivity contribution in [2.75, 3.05) is 0 Å². The molecule has 3 nitrogen and oxygen atoms in total. The molecule has 0 spiro atoms. The molecule has 27 heavy (non-hydrogen) atoms. The topological polar surface area (TPSA) is 30.1 Å². The van der Waals surface area contributed by atoms with Gasteiger partial charge < -0.3 is 14.2 Å². The Morgan fingerprint density at radius 1 is 0.667 bits per heavy atom. The largest absolute Gasteiger partial charge is 0.494 e. The molecule has 0 saturated carbocycles. The van der Waals surface area contributed by atoms with Crippen molar-refractivity contribution < 1.29 is 5.11 Å². The molecule has 0 aliphatic carbocycles. The van der Waals surface area contributed by atoms with Gasteiger partial charge in [-0.1, -0.05) is 41.5 Å². The van der Waals surface area contributed by atoms with Crippen molar-refractivity contribution in [3.8, 4) is 5.88 Å². The van der Waals surface area contributed by atoms with Crippen molar-refractivity contribution >= 4 is 0 Å². The highest BCUT2D eigenvalue weighted by atomic mass is 16.3. The molecule has 1 N–H and O–H groups in total. The Labute approximate surface area is 167 Å². The van der Waals surface area contributed by atoms with E-state index in [0.29, 0.717) is 5.88 Å². The van der Waals surface area contributed by atoms with Crippen LogP contribution >= 0.6 is 0 Å². The summed E-state index contributed by atoms with van der Waals surface area (Å²) >= 11 is 0. The minimum atomic E-state index is -0.0619. The molecule has 0 amide bonds. The van der Waals surface area contributed by atoms with Gasteiger partial charge in [-0.3, -0.25) is 0 Å². The first-order valence-electron chi connectivity index (χ1n) is 9.95. The molecule has 2 heterocycles. The number of aromatic nitrogens is 2. The third kappa shape index (κ3) is 6.48. The van der Waals surface area contributed by atoms with Gasteiger partial charge in [-0.15, -0.1) is 0 Å². The molecule has 0 unspecified atom stereocenters. The SMILES string of the molecule is CC(C)(C)c1cc(O)n(C(C)(C)C)c1.CC(C)(C)c1ccn(C(C)(C)C)c1. The Morgan fingerprint density at radius 2 is 1.15 bits per heavy atom. The lowest BCUT2D eigenvalue weighted by Gasteiger charge is -2.22. The first kappa shape index (κ1) is 23.4. The Balaban J connectivity index is 0.000000271. The number of aromatic hydroxyl groups is 1. The van der Waals surface area contributed by atoms with Crippen molar-refractivity contribution in [1.29, 1.82) is 0 Å². The summed E-state index contributed by atoms with van der Waals surface area (Å²) in [6.45, 7) is 26.1. The summed E-state index contributed by atoms with van der Waals surface area (Å²) in [5, 5.41) is 9.79. The fourth-order valence-electron chi connectivity index (χ4n) is 2.66. The van der Waals surface area contributed by atoms with Gasteiger partial charge in [0, 0.05) is 35.7 Å². The molecular formula is C24H42N2O. The lowest BCUT2D eigenvalue weighted by molar-refractivity contribution is 0.326. The third-order valence-electron chi connectivity index (χ3n) is 4.72. The van der Waals surface area contributed by atoms with Gasteiger partial charge in [0.1, 0.15) is 0 Å². The van der Waals surface area contributed by atoms with Crippen LogP contribution in [-0.4, -0.2) is 14.2 Å². The molecule has 2 aromatic heterocycles. The molecule has 2 aromatic rings. The molecule has 2 rings (SSSR count). The standard InChI is InChI=1S/C12H21NO.C12H21N/c1-11(2,3)9-7-10(14)13(8-9)12(4,5)6;1-11(2,3)10-7-8-13(9-10)12(4,5)6/h7-8,14H,1-6H3;7-9H,1-6H3. The molecular weight excluding hydrogens is 332 g/mol. The number of nitrogens with zero attached hydrogens (tertiary/aromatic N) is 2. The van der Waals surface area contributed by atoms with Crippen LogP contribution < -0.4 is 0 Å². The van der Waals surface area contributed by atoms with Crippen LogP contribution in [0.2, 0.25) is 0 Å². The Hall–Kier alpha value is -1.64. The first-order valence-corrected chi connectivity index (χ1v) is 9.95. The molecule has 0 saturated heterocycles. The van der Waals surface area contributed by atoms with Crippen molar-refractivity contribution in [2.24, 2.45) is 0 Å². The summed E-state index contributed by atoms with van der Waals surface area (Å²) < 4.78 is 4.18. The smallest absolute Gasteiger partial charge is 0.191 e. The average molecular weight is 375 g/mol. The van der Waals surface area contributed by atoms with Gasteiger partial charge in [0.05, 0.1) is 0 Å². The van der Waals surface area contributed by atoms with Gasteiger partial charge in [-0.05, 0) is 69.6 Å². The molecule has 0 aliphatic rings. The van der Waals surface area contributed by atoms with Crippen molar-refractivity contribution in [3.05, 3.63) is 41.9 Å². The number of hydrogen-bond donors (Lipinski definition) is 1. The Morgan fingerprint density at radius 3 is 1.37 bits per heavy atom. The molecule has 154 valence electrons. The van der Waals surface area contributed by atoms with E-state index in [1.165, 1.54) is 11.1 Å². The van der Waals surface area contributed by atoms with E-state index < -0.39 is 0 Å². The molecule has 0 aromatic carbocycles. The van der Waals surface area contributed by atoms with Gasteiger partial charge in [0.25, 0.3) is 0 Å². The zero-order valence-corrected chi connectivity index (χ0v) is 19.7. The average Bonchev–Trinajstić information content (AvgIpc) is 3.01. The molecule has 0 atom stereocenters. The fraction of sp³-hybridized carbons (Fsp3) is 0.667. The van der Waals surface area contributed by atoms with E-state index in [4.69, 9.17) is 0 Å². The summed E-state index contributed by atoms with van der Waals surface area (Å²) in [6, 6.07) is 4.07. The van der Waals surface area contributed by atoms with Gasteiger partial charge >= 0.3 is 0 Å². The molecule has 3 heteroatoms. The lowest BCUT2D eigenvalue weighted by Crippen LogP contribution is -2.20. The maximum Gasteiger partial charge on any atom is 0.191 e. The van der Waals surface area contributed by atoms with Crippen LogP contribution in [0.5, 0.6) is 5.88 Å². The molecule has 0 bridgehead atoms. The lowest BCUT2D eigenvalue weighted by atomic mass is 9.89. The van der Waals surface area contributed by atoms with Crippen LogP contribution in [-0.2, 0) is 21.9 Å². The zero-order valence-electron chi connectivity index (χ0n) is 19.7. The van der Waals surface area contributed by atoms with Crippen LogP contribution in [0.15, 0.2) is 30.7 Å². The second-order valence-electron chi connectivity index (χ2n) is 11.6. The predicted molar refractivity (Wildman–Crippen MR) is 118 cm³/mol. The summed E-state index contributed by atoms with van der Waals surface area (Å²) in [6.07, 6.45) is 6.45. The van der Waals surface area contributed by atoms with E-state index >= 15 is 0 Å². The molecule has 0 aliphatic heterocycles. The molecule has 0 fully saturated rings. The highest BCUT2D eigenvalue weighted by Crippen LogP contribution is 2.31. The van der Waals surface area contributed by atoms with E-state index in [1.807, 2.05) is 16.8 Å². The zero-order chi connectivity index (χ0) is 21.4. The fourth-order valence-corrected chi connectivity index (χ4v) is 2.66. The van der Waals surface area contributed by atoms with Gasteiger partial charge in [0.2, 0.25) is 0 Å². The highest BCUT2D eigenvalue weighted by molar-refractivity contribution is 5.29. The minimum absolute atomic E-state index is 0.0619. The van der Waals surface area contributed by atoms with Crippen molar-refractivity contribution in [1.82, 2.24) is 9.13 Å². The van der Waals surface area contributed by atoms with Crippen LogP contribution in [0.3, 0.4) is 0 Å². The van der Waals surface area contributed by atoms with Crippen molar-refractivity contribution in [3.63, 3.8) is 0 Å². The van der Waals surface area contributed by atoms with Crippen LogP contribution in [0, 0.1) is 0 Å². The quantitative estimate of drug-likeness (QED) is 0.541. The normalized spacial score (nSPS) is 13.3. The van der Waals surface area contributed by atoms with Gasteiger partial charge in [-0.25, -0.2) is 0 Å². The molecule has 0 radical (unpaired) electrons. The highest BCUT2D eigenvalue weighted by Gasteiger charge is 2.22. The van der Waals surface area contributed by atoms with Crippen molar-refractivity contribution in [2.45, 2.75) is 105 Å². The maximum atomic E-state index is 9.79. The minimum Gasteiger partial charge on any atom is -0.494 e. The maximum absolute atomic E-state index is 9.79. The van der Waals surface area contributed by atoms with Gasteiger partial charge in [0.15, 0.2) is 5.88 Å². The second-order valence-corrected chi connectivity index (χ2v) is 11.6. The summed E-state index contributed by atoms with van der Waals surface area (Å²) in [5.41, 5.74) is 3.06. The van der Waals surface area contributed by atoms with E-state index in [2.05, 4.69) is 106 Å². The van der Waals surface area contributed by atoms with E-state index in [1.54, 1.807) is 0 Å². The summed E-state index contributed by atoms with van der Waals surface area (Å²) in [5.74, 6) is 0.349. The number of hydrogen-bond acceptors (Lipinski definition) is 1. The van der Waals surface area contributed by atoms with E-state index in [0.717, 1.165) is 0 Å². The van der Waals surface area contributed by atoms with Crippen LogP contribution in [0.25, 0.3) is 0 Å². The first-order chi connectivity index (χ1) is 11.8. The third-order valence-corrected chi connectivity index (χ3v) is 4.72. The van der Waals surface area contributed by atoms with Crippen LogP contribution in [0.4, 0.5) is 0 Å². The predicted octanol–water partition coefficient (Wildman–Crippen LogP) is 6.79. The van der Waals surface area contributed by atoms with Gasteiger partial charge in [-0.2, -0.15) is 0 Å². The Kier molecular flexibility index (Phi) is 6.42. The summed E-state index contributed by atoms with van der Waals surface area (Å²) in [4.78, 5) is 0. The van der Waals surface area contributed by atoms with E-state index in [9.17, 15) is 5.11 Å². The monoisotopic (exact) mass is 374 g/mol. The second kappa shape index (κ2) is 7.41.